The Bertz CT molecular complexity index is 68.6. The molecule has 0 aliphatic rings. The van der Waals surface area contributed by atoms with E-state index in [0.29, 0.717) is 6.10 Å². The van der Waals surface area contributed by atoms with Crippen LogP contribution in [0.15, 0.2) is 0 Å². The predicted molar refractivity (Wildman–Crippen MR) is 47.8 cm³/mol. The van der Waals surface area contributed by atoms with E-state index in [4.69, 9.17) is 4.65 Å². The van der Waals surface area contributed by atoms with Gasteiger partial charge in [-0.25, -0.2) is 0 Å². The molecule has 0 bridgehead atoms. The van der Waals surface area contributed by atoms with Crippen molar-refractivity contribution in [2.45, 2.75) is 45.8 Å². The van der Waals surface area contributed by atoms with Crippen LogP contribution in [0.1, 0.15) is 19.8 Å². The van der Waals surface area contributed by atoms with Crippen molar-refractivity contribution in [2.24, 2.45) is 0 Å². The first-order chi connectivity index (χ1) is 4.81. The molecule has 10 heavy (non-hydrogen) atoms. The molecule has 0 aromatic heterocycles. The van der Waals surface area contributed by atoms with E-state index in [9.17, 15) is 0 Å². The Morgan fingerprint density at radius 3 is 2.60 bits per heavy atom. The molecule has 1 nitrogen and oxygen atoms in total. The van der Waals surface area contributed by atoms with Gasteiger partial charge in [-0.1, -0.05) is 26.4 Å². The highest BCUT2D eigenvalue weighted by Gasteiger charge is 1.98. The normalized spacial score (nSPS) is 12.7. The summed E-state index contributed by atoms with van der Waals surface area (Å²) in [5, 5.41) is 0. The number of hydrogen-bond donors (Lipinski definition) is 0. The largest absolute Gasteiger partial charge is 0.438 e. The molecular formula is C7H16B2O. The second-order valence-electron chi connectivity index (χ2n) is 2.52. The van der Waals surface area contributed by atoms with Crippen LogP contribution in [0.4, 0.5) is 0 Å². The van der Waals surface area contributed by atoms with Gasteiger partial charge >= 0.3 is 0 Å². The first-order valence-corrected chi connectivity index (χ1v) is 4.02. The summed E-state index contributed by atoms with van der Waals surface area (Å²) < 4.78 is 5.25. The molecule has 3 heteroatoms. The molecule has 0 saturated heterocycles. The van der Waals surface area contributed by atoms with Gasteiger partial charge in [0, 0.05) is 6.10 Å². The van der Waals surface area contributed by atoms with E-state index < -0.39 is 0 Å². The van der Waals surface area contributed by atoms with Gasteiger partial charge in [-0.2, -0.15) is 0 Å². The highest BCUT2D eigenvalue weighted by atomic mass is 16.4. The summed E-state index contributed by atoms with van der Waals surface area (Å²) in [6.07, 6.45) is 4.00. The Labute approximate surface area is 66.1 Å². The van der Waals surface area contributed by atoms with Gasteiger partial charge in [0.2, 0.25) is 0 Å². The fourth-order valence-electron chi connectivity index (χ4n) is 0.910. The van der Waals surface area contributed by atoms with Crippen molar-refractivity contribution < 1.29 is 4.65 Å². The first-order valence-electron chi connectivity index (χ1n) is 4.02. The average Bonchev–Trinajstić information content (AvgIpc) is 1.89. The van der Waals surface area contributed by atoms with Crippen LogP contribution in [0, 0.1) is 0 Å². The van der Waals surface area contributed by atoms with Crippen LogP contribution in [0.2, 0.25) is 20.0 Å². The van der Waals surface area contributed by atoms with Crippen LogP contribution < -0.4 is 0 Å². The molecule has 0 aliphatic heterocycles. The van der Waals surface area contributed by atoms with Crippen LogP contribution in [0.3, 0.4) is 0 Å². The maximum absolute atomic E-state index is 5.25. The number of rotatable bonds is 6. The zero-order valence-corrected chi connectivity index (χ0v) is 7.26. The minimum Gasteiger partial charge on any atom is -0.438 e. The zero-order chi connectivity index (χ0) is 7.82. The van der Waals surface area contributed by atoms with Gasteiger partial charge in [0.15, 0.2) is 0 Å². The third-order valence-corrected chi connectivity index (χ3v) is 1.47. The van der Waals surface area contributed by atoms with Crippen LogP contribution in [-0.2, 0) is 4.65 Å². The Hall–Kier alpha value is 0.0899. The molecular weight excluding hydrogens is 122 g/mol. The molecule has 0 N–H and O–H groups in total. The Morgan fingerprint density at radius 2 is 2.10 bits per heavy atom. The minimum absolute atomic E-state index is 0.393. The summed E-state index contributed by atoms with van der Waals surface area (Å²) in [5.74, 6) is 0. The second-order valence-corrected chi connectivity index (χ2v) is 2.52. The summed E-state index contributed by atoms with van der Waals surface area (Å²) in [6.45, 7) is 6.12. The summed E-state index contributed by atoms with van der Waals surface area (Å²) in [5.41, 5.74) is 0. The van der Waals surface area contributed by atoms with Crippen molar-refractivity contribution in [3.63, 3.8) is 0 Å². The van der Waals surface area contributed by atoms with E-state index in [0.717, 1.165) is 6.42 Å². The lowest BCUT2D eigenvalue weighted by molar-refractivity contribution is 0.222. The lowest BCUT2D eigenvalue weighted by Gasteiger charge is -2.09. The van der Waals surface area contributed by atoms with E-state index in [2.05, 4.69) is 21.0 Å². The second kappa shape index (κ2) is 7.20. The molecule has 56 valence electrons. The topological polar surface area (TPSA) is 9.23 Å². The van der Waals surface area contributed by atoms with Crippen LogP contribution in [-0.4, -0.2) is 20.9 Å². The lowest BCUT2D eigenvalue weighted by atomic mass is 9.76. The fourth-order valence-corrected chi connectivity index (χ4v) is 0.910. The van der Waals surface area contributed by atoms with Crippen molar-refractivity contribution in [1.82, 2.24) is 0 Å². The summed E-state index contributed by atoms with van der Waals surface area (Å²) in [4.78, 5) is 0. The highest BCUT2D eigenvalue weighted by Crippen LogP contribution is 2.03. The van der Waals surface area contributed by atoms with Crippen molar-refractivity contribution in [1.29, 1.82) is 0 Å². The molecule has 0 aliphatic carbocycles. The first kappa shape index (κ1) is 10.1. The Morgan fingerprint density at radius 1 is 1.40 bits per heavy atom. The summed E-state index contributed by atoms with van der Waals surface area (Å²) in [6, 6.07) is 0. The van der Waals surface area contributed by atoms with Crippen molar-refractivity contribution >= 4 is 14.8 Å². The molecule has 0 heterocycles. The van der Waals surface area contributed by atoms with E-state index in [1.165, 1.54) is 12.7 Å². The van der Waals surface area contributed by atoms with E-state index in [-0.39, 0.29) is 0 Å². The van der Waals surface area contributed by atoms with Gasteiger partial charge in [0.1, 0.15) is 7.28 Å². The summed E-state index contributed by atoms with van der Waals surface area (Å²) >= 11 is 0. The van der Waals surface area contributed by atoms with Gasteiger partial charge in [0.25, 0.3) is 7.48 Å². The Balaban J connectivity index is 2.97. The molecule has 0 aromatic carbocycles. The lowest BCUT2D eigenvalue weighted by Crippen LogP contribution is -2.09. The van der Waals surface area contributed by atoms with Crippen molar-refractivity contribution in [3.05, 3.63) is 0 Å². The van der Waals surface area contributed by atoms with E-state index in [1.54, 1.807) is 7.48 Å². The quantitative estimate of drug-likeness (QED) is 0.402. The van der Waals surface area contributed by atoms with Crippen molar-refractivity contribution in [2.75, 3.05) is 0 Å². The molecule has 0 fully saturated rings. The monoisotopic (exact) mass is 138 g/mol. The molecule has 0 saturated carbocycles. The SMILES string of the molecule is C[B]CCCC(C)O[B]C. The highest BCUT2D eigenvalue weighted by molar-refractivity contribution is 6.33. The van der Waals surface area contributed by atoms with Gasteiger partial charge in [-0.15, -0.1) is 0 Å². The van der Waals surface area contributed by atoms with Gasteiger partial charge in [0.05, 0.1) is 0 Å². The van der Waals surface area contributed by atoms with Gasteiger partial charge in [-0.05, 0) is 13.3 Å². The maximum atomic E-state index is 5.25. The third-order valence-electron chi connectivity index (χ3n) is 1.47. The molecule has 0 rings (SSSR count). The van der Waals surface area contributed by atoms with E-state index >= 15 is 0 Å². The molecule has 0 amide bonds. The van der Waals surface area contributed by atoms with Gasteiger partial charge in [-0.3, -0.25) is 0 Å². The zero-order valence-electron chi connectivity index (χ0n) is 7.26. The number of hydrogen-bond acceptors (Lipinski definition) is 1. The molecule has 0 aromatic rings. The molecule has 0 spiro atoms. The van der Waals surface area contributed by atoms with Crippen LogP contribution >= 0.6 is 0 Å². The van der Waals surface area contributed by atoms with Crippen molar-refractivity contribution in [3.8, 4) is 0 Å². The van der Waals surface area contributed by atoms with E-state index in [1.807, 2.05) is 6.82 Å². The maximum Gasteiger partial charge on any atom is 0.289 e. The van der Waals surface area contributed by atoms with Crippen LogP contribution in [0.5, 0.6) is 0 Å². The van der Waals surface area contributed by atoms with Gasteiger partial charge < -0.3 is 4.65 Å². The van der Waals surface area contributed by atoms with Crippen LogP contribution in [0.25, 0.3) is 0 Å². The fraction of sp³-hybridized carbons (Fsp3) is 1.00. The third kappa shape index (κ3) is 6.21. The smallest absolute Gasteiger partial charge is 0.289 e. The average molecular weight is 138 g/mol. The minimum atomic E-state index is 0.393. The Kier molecular flexibility index (Phi) is 7.26. The summed E-state index contributed by atoms with van der Waals surface area (Å²) in [7, 11) is 3.96. The molecule has 1 atom stereocenters. The predicted octanol–water partition coefficient (Wildman–Crippen LogP) is 2.01. The molecule has 2 radical (unpaired) electrons. The standard InChI is InChI=1S/C7H16B2O/c1-7(10-9-3)5-4-6-8-2/h7H,4-6H2,1-3H3. The molecule has 1 unspecified atom stereocenters.